The minimum absolute atomic E-state index is 0.0657. The van der Waals surface area contributed by atoms with Crippen LogP contribution in [-0.4, -0.2) is 23.9 Å². The van der Waals surface area contributed by atoms with Crippen molar-refractivity contribution in [3.63, 3.8) is 0 Å². The average molecular weight is 265 g/mol. The molecule has 0 aromatic heterocycles. The van der Waals surface area contributed by atoms with E-state index in [9.17, 15) is 9.59 Å². The van der Waals surface area contributed by atoms with Crippen LogP contribution in [0.5, 0.6) is 0 Å². The van der Waals surface area contributed by atoms with E-state index >= 15 is 0 Å². The summed E-state index contributed by atoms with van der Waals surface area (Å²) in [7, 11) is 1.31. The van der Waals surface area contributed by atoms with Crippen LogP contribution >= 0.6 is 11.8 Å². The highest BCUT2D eigenvalue weighted by atomic mass is 32.2. The Hall–Kier alpha value is -1.75. The first kappa shape index (κ1) is 14.3. The van der Waals surface area contributed by atoms with Crippen LogP contribution in [0.3, 0.4) is 0 Å². The molecule has 0 aliphatic heterocycles. The number of benzene rings is 1. The molecule has 0 atom stereocenters. The molecule has 96 valence electrons. The summed E-state index contributed by atoms with van der Waals surface area (Å²) in [5.74, 6) is 0.123. The lowest BCUT2D eigenvalue weighted by Gasteiger charge is -2.06. The number of hydrogen-bond acceptors (Lipinski definition) is 5. The van der Waals surface area contributed by atoms with Crippen molar-refractivity contribution in [1.82, 2.24) is 0 Å². The fraction of sp³-hybridized carbons (Fsp3) is 0.231. The second kappa shape index (κ2) is 6.86. The molecule has 0 bridgehead atoms. The Morgan fingerprint density at radius 1 is 1.44 bits per heavy atom. The zero-order valence-electron chi connectivity index (χ0n) is 10.3. The summed E-state index contributed by atoms with van der Waals surface area (Å²) in [5.41, 5.74) is 7.34. The number of rotatable bonds is 4. The fourth-order valence-electron chi connectivity index (χ4n) is 1.36. The Kier molecular flexibility index (Phi) is 5.45. The molecule has 1 aromatic rings. The summed E-state index contributed by atoms with van der Waals surface area (Å²) in [6, 6.07) is 5.15. The highest BCUT2D eigenvalue weighted by Gasteiger charge is 2.10. The van der Waals surface area contributed by atoms with Crippen LogP contribution in [0.1, 0.15) is 22.8 Å². The van der Waals surface area contributed by atoms with E-state index < -0.39 is 5.97 Å². The second-order valence-electron chi connectivity index (χ2n) is 3.51. The molecule has 1 aromatic carbocycles. The number of esters is 1. The maximum Gasteiger partial charge on any atom is 0.339 e. The van der Waals surface area contributed by atoms with Crippen molar-refractivity contribution in [1.29, 1.82) is 0 Å². The number of anilines is 1. The molecule has 0 saturated carbocycles. The Labute approximate surface area is 110 Å². The number of thioether (sulfide) groups is 1. The largest absolute Gasteiger partial charge is 0.465 e. The number of nitrogens with two attached hydrogens (primary N) is 1. The normalized spacial score (nSPS) is 10.6. The van der Waals surface area contributed by atoms with Crippen LogP contribution in [0.15, 0.2) is 24.3 Å². The highest BCUT2D eigenvalue weighted by molar-refractivity contribution is 8.13. The van der Waals surface area contributed by atoms with Gasteiger partial charge in [-0.25, -0.2) is 4.79 Å². The molecule has 0 fully saturated rings. The molecule has 1 rings (SSSR count). The number of para-hydroxylation sites is 1. The smallest absolute Gasteiger partial charge is 0.339 e. The van der Waals surface area contributed by atoms with E-state index in [1.54, 1.807) is 24.3 Å². The first-order chi connectivity index (χ1) is 8.56. The molecule has 5 heteroatoms. The molecular weight excluding hydrogens is 250 g/mol. The summed E-state index contributed by atoms with van der Waals surface area (Å²) in [6.45, 7) is 1.52. The third-order valence-corrected chi connectivity index (χ3v) is 2.99. The summed E-state index contributed by atoms with van der Waals surface area (Å²) >= 11 is 1.21. The Balaban J connectivity index is 2.84. The van der Waals surface area contributed by atoms with Gasteiger partial charge < -0.3 is 10.5 Å². The molecule has 0 aliphatic rings. The van der Waals surface area contributed by atoms with E-state index in [4.69, 9.17) is 5.73 Å². The first-order valence-electron chi connectivity index (χ1n) is 5.33. The SMILES string of the molecule is COC(=O)c1cccc(C=CCSC(C)=O)c1N. The van der Waals surface area contributed by atoms with Crippen molar-refractivity contribution in [2.24, 2.45) is 0 Å². The third kappa shape index (κ3) is 3.92. The predicted molar refractivity (Wildman–Crippen MR) is 74.4 cm³/mol. The monoisotopic (exact) mass is 265 g/mol. The minimum atomic E-state index is -0.458. The van der Waals surface area contributed by atoms with Crippen LogP contribution < -0.4 is 5.73 Å². The van der Waals surface area contributed by atoms with Crippen LogP contribution in [0.2, 0.25) is 0 Å². The van der Waals surface area contributed by atoms with Gasteiger partial charge in [-0.3, -0.25) is 4.79 Å². The predicted octanol–water partition coefficient (Wildman–Crippen LogP) is 2.35. The van der Waals surface area contributed by atoms with Gasteiger partial charge in [-0.1, -0.05) is 36.0 Å². The van der Waals surface area contributed by atoms with Gasteiger partial charge in [0, 0.05) is 12.7 Å². The van der Waals surface area contributed by atoms with Gasteiger partial charge in [-0.05, 0) is 11.6 Å². The number of methoxy groups -OCH3 is 1. The van der Waals surface area contributed by atoms with Crippen molar-refractivity contribution in [3.8, 4) is 0 Å². The number of hydrogen-bond donors (Lipinski definition) is 1. The molecular formula is C13H15NO3S. The van der Waals surface area contributed by atoms with Crippen molar-refractivity contribution in [2.45, 2.75) is 6.92 Å². The van der Waals surface area contributed by atoms with Crippen molar-refractivity contribution >= 4 is 34.6 Å². The summed E-state index contributed by atoms with van der Waals surface area (Å²) in [6.07, 6.45) is 3.62. The number of nitrogen functional groups attached to an aromatic ring is 1. The van der Waals surface area contributed by atoms with E-state index in [-0.39, 0.29) is 5.12 Å². The van der Waals surface area contributed by atoms with Crippen LogP contribution in [0.25, 0.3) is 6.08 Å². The van der Waals surface area contributed by atoms with E-state index in [0.29, 0.717) is 17.0 Å². The zero-order chi connectivity index (χ0) is 13.5. The zero-order valence-corrected chi connectivity index (χ0v) is 11.1. The van der Waals surface area contributed by atoms with E-state index in [2.05, 4.69) is 4.74 Å². The highest BCUT2D eigenvalue weighted by Crippen LogP contribution is 2.20. The molecule has 0 unspecified atom stereocenters. The van der Waals surface area contributed by atoms with Crippen LogP contribution in [0.4, 0.5) is 5.69 Å². The molecule has 2 N–H and O–H groups in total. The molecule has 4 nitrogen and oxygen atoms in total. The van der Waals surface area contributed by atoms with Crippen LogP contribution in [-0.2, 0) is 9.53 Å². The average Bonchev–Trinajstić information content (AvgIpc) is 2.35. The Morgan fingerprint density at radius 3 is 2.78 bits per heavy atom. The van der Waals surface area contributed by atoms with Gasteiger partial charge in [0.2, 0.25) is 0 Å². The van der Waals surface area contributed by atoms with Gasteiger partial charge in [0.15, 0.2) is 5.12 Å². The van der Waals surface area contributed by atoms with Gasteiger partial charge in [-0.2, -0.15) is 0 Å². The van der Waals surface area contributed by atoms with E-state index in [1.165, 1.54) is 25.8 Å². The van der Waals surface area contributed by atoms with Crippen molar-refractivity contribution in [2.75, 3.05) is 18.6 Å². The number of carbonyl (C=O) groups excluding carboxylic acids is 2. The van der Waals surface area contributed by atoms with Gasteiger partial charge in [0.25, 0.3) is 0 Å². The lowest BCUT2D eigenvalue weighted by Crippen LogP contribution is -2.06. The molecule has 0 saturated heterocycles. The second-order valence-corrected chi connectivity index (χ2v) is 4.70. The first-order valence-corrected chi connectivity index (χ1v) is 6.31. The van der Waals surface area contributed by atoms with Crippen molar-refractivity contribution in [3.05, 3.63) is 35.4 Å². The maximum absolute atomic E-state index is 11.4. The maximum atomic E-state index is 11.4. The van der Waals surface area contributed by atoms with Crippen LogP contribution in [0, 0.1) is 0 Å². The van der Waals surface area contributed by atoms with Gasteiger partial charge in [0.1, 0.15) is 0 Å². The topological polar surface area (TPSA) is 69.4 Å². The molecule has 18 heavy (non-hydrogen) atoms. The fourth-order valence-corrected chi connectivity index (χ4v) is 1.78. The van der Waals surface area contributed by atoms with E-state index in [0.717, 1.165) is 5.56 Å². The van der Waals surface area contributed by atoms with Gasteiger partial charge in [0.05, 0.1) is 18.4 Å². The van der Waals surface area contributed by atoms with Gasteiger partial charge >= 0.3 is 5.97 Å². The molecule has 0 radical (unpaired) electrons. The third-order valence-electron chi connectivity index (χ3n) is 2.23. The quantitative estimate of drug-likeness (QED) is 0.668. The van der Waals surface area contributed by atoms with E-state index in [1.807, 2.05) is 6.08 Å². The lowest BCUT2D eigenvalue weighted by molar-refractivity contribution is -0.109. The molecule has 0 spiro atoms. The summed E-state index contributed by atoms with van der Waals surface area (Å²) in [5, 5.41) is 0.0657. The van der Waals surface area contributed by atoms with Crippen molar-refractivity contribution < 1.29 is 14.3 Å². The Morgan fingerprint density at radius 2 is 2.17 bits per heavy atom. The number of ether oxygens (including phenoxy) is 1. The molecule has 0 heterocycles. The number of carbonyl (C=O) groups is 2. The molecule has 0 amide bonds. The summed E-state index contributed by atoms with van der Waals surface area (Å²) < 4.78 is 4.64. The molecule has 0 aliphatic carbocycles. The minimum Gasteiger partial charge on any atom is -0.465 e. The standard InChI is InChI=1S/C13H15NO3S/c1-9(15)18-8-4-6-10-5-3-7-11(12(10)14)13(16)17-2/h3-7H,8,14H2,1-2H3. The Bertz CT molecular complexity index is 483. The lowest BCUT2D eigenvalue weighted by atomic mass is 10.1. The summed E-state index contributed by atoms with van der Waals surface area (Å²) in [4.78, 5) is 22.2. The van der Waals surface area contributed by atoms with Gasteiger partial charge in [-0.15, -0.1) is 0 Å².